The molecule has 0 radical (unpaired) electrons. The third-order valence-electron chi connectivity index (χ3n) is 5.89. The summed E-state index contributed by atoms with van der Waals surface area (Å²) in [5, 5.41) is 2.51. The lowest BCUT2D eigenvalue weighted by atomic mass is 9.76. The van der Waals surface area contributed by atoms with Crippen LogP contribution in [0.3, 0.4) is 0 Å². The van der Waals surface area contributed by atoms with Crippen molar-refractivity contribution >= 4 is 23.1 Å². The SMILES string of the molecule is CCCCCCCCC1CCC(c2cccc(N=C=S)c2OCCC)CC1. The molecule has 27 heavy (non-hydrogen) atoms. The molecular weight excluding hydrogens is 350 g/mol. The van der Waals surface area contributed by atoms with E-state index in [1.165, 1.54) is 76.2 Å². The number of hydrogen-bond acceptors (Lipinski definition) is 3. The quantitative estimate of drug-likeness (QED) is 0.205. The van der Waals surface area contributed by atoms with Gasteiger partial charge in [0.2, 0.25) is 0 Å². The summed E-state index contributed by atoms with van der Waals surface area (Å²) in [5.41, 5.74) is 2.16. The third kappa shape index (κ3) is 7.39. The van der Waals surface area contributed by atoms with Crippen LogP contribution in [0, 0.1) is 5.92 Å². The van der Waals surface area contributed by atoms with Gasteiger partial charge in [0.05, 0.1) is 11.8 Å². The maximum atomic E-state index is 6.08. The summed E-state index contributed by atoms with van der Waals surface area (Å²) >= 11 is 4.82. The van der Waals surface area contributed by atoms with Crippen LogP contribution in [0.2, 0.25) is 0 Å². The molecule has 1 aliphatic rings. The molecule has 0 saturated heterocycles. The minimum Gasteiger partial charge on any atom is -0.491 e. The van der Waals surface area contributed by atoms with E-state index in [9.17, 15) is 0 Å². The van der Waals surface area contributed by atoms with E-state index in [2.05, 4.69) is 36.1 Å². The van der Waals surface area contributed by atoms with Crippen molar-refractivity contribution in [3.63, 3.8) is 0 Å². The Kier molecular flexibility index (Phi) is 10.7. The summed E-state index contributed by atoms with van der Waals surface area (Å²) in [6.07, 6.45) is 16.1. The van der Waals surface area contributed by atoms with Crippen LogP contribution in [0.5, 0.6) is 5.75 Å². The molecule has 1 fully saturated rings. The minimum absolute atomic E-state index is 0.595. The minimum atomic E-state index is 0.595. The molecule has 1 aromatic carbocycles. The third-order valence-corrected chi connectivity index (χ3v) is 5.99. The normalized spacial score (nSPS) is 19.5. The fraction of sp³-hybridized carbons (Fsp3) is 0.708. The number of para-hydroxylation sites is 1. The number of isothiocyanates is 1. The monoisotopic (exact) mass is 387 g/mol. The molecule has 0 spiro atoms. The van der Waals surface area contributed by atoms with Crippen LogP contribution in [0.4, 0.5) is 5.69 Å². The first-order chi connectivity index (χ1) is 13.3. The topological polar surface area (TPSA) is 21.6 Å². The van der Waals surface area contributed by atoms with Gasteiger partial charge < -0.3 is 4.74 Å². The van der Waals surface area contributed by atoms with E-state index in [4.69, 9.17) is 17.0 Å². The van der Waals surface area contributed by atoms with Crippen molar-refractivity contribution < 1.29 is 4.74 Å². The maximum absolute atomic E-state index is 6.08. The smallest absolute Gasteiger partial charge is 0.149 e. The number of aliphatic imine (C=N–C) groups is 1. The predicted octanol–water partition coefficient (Wildman–Crippen LogP) is 8.23. The molecule has 3 heteroatoms. The van der Waals surface area contributed by atoms with E-state index < -0.39 is 0 Å². The first kappa shape index (κ1) is 22.1. The standard InChI is InChI=1S/C24H37NOS/c1-3-5-6-7-8-9-11-20-14-16-21(17-15-20)22-12-10-13-23(25-19-27)24(22)26-18-4-2/h10,12-13,20-21H,3-9,11,14-18H2,1-2H3. The van der Waals surface area contributed by atoms with Crippen LogP contribution in [0.15, 0.2) is 23.2 Å². The maximum Gasteiger partial charge on any atom is 0.149 e. The lowest BCUT2D eigenvalue weighted by Crippen LogP contribution is -2.14. The van der Waals surface area contributed by atoms with Crippen molar-refractivity contribution in [1.82, 2.24) is 0 Å². The molecule has 0 aliphatic heterocycles. The highest BCUT2D eigenvalue weighted by Crippen LogP contribution is 2.44. The second-order valence-electron chi connectivity index (χ2n) is 8.02. The fourth-order valence-corrected chi connectivity index (χ4v) is 4.44. The first-order valence-electron chi connectivity index (χ1n) is 11.1. The van der Waals surface area contributed by atoms with E-state index in [0.717, 1.165) is 30.4 Å². The van der Waals surface area contributed by atoms with Gasteiger partial charge in [-0.3, -0.25) is 0 Å². The largest absolute Gasteiger partial charge is 0.491 e. The van der Waals surface area contributed by atoms with E-state index in [0.29, 0.717) is 5.92 Å². The number of benzene rings is 1. The lowest BCUT2D eigenvalue weighted by molar-refractivity contribution is 0.285. The summed E-state index contributed by atoms with van der Waals surface area (Å²) in [6, 6.07) is 6.30. The fourth-order valence-electron chi connectivity index (χ4n) is 4.34. The highest BCUT2D eigenvalue weighted by molar-refractivity contribution is 7.78. The van der Waals surface area contributed by atoms with Crippen molar-refractivity contribution in [2.75, 3.05) is 6.61 Å². The molecule has 0 amide bonds. The van der Waals surface area contributed by atoms with Crippen LogP contribution < -0.4 is 4.74 Å². The van der Waals surface area contributed by atoms with Gasteiger partial charge in [0.25, 0.3) is 0 Å². The highest BCUT2D eigenvalue weighted by atomic mass is 32.1. The zero-order chi connectivity index (χ0) is 19.3. The molecule has 0 N–H and O–H groups in total. The van der Waals surface area contributed by atoms with E-state index >= 15 is 0 Å². The average Bonchev–Trinajstić information content (AvgIpc) is 2.70. The zero-order valence-corrected chi connectivity index (χ0v) is 18.2. The summed E-state index contributed by atoms with van der Waals surface area (Å²) in [7, 11) is 0. The van der Waals surface area contributed by atoms with Crippen LogP contribution in [0.1, 0.15) is 102 Å². The molecular formula is C24H37NOS. The Labute approximate surface area is 171 Å². The van der Waals surface area contributed by atoms with Crippen LogP contribution in [-0.4, -0.2) is 11.8 Å². The highest BCUT2D eigenvalue weighted by Gasteiger charge is 2.25. The van der Waals surface area contributed by atoms with E-state index in [1.807, 2.05) is 6.07 Å². The van der Waals surface area contributed by atoms with Gasteiger partial charge in [0.1, 0.15) is 11.4 Å². The number of ether oxygens (including phenoxy) is 1. The van der Waals surface area contributed by atoms with E-state index in [1.54, 1.807) is 0 Å². The van der Waals surface area contributed by atoms with Gasteiger partial charge >= 0.3 is 0 Å². The lowest BCUT2D eigenvalue weighted by Gasteiger charge is -2.30. The molecule has 2 rings (SSSR count). The summed E-state index contributed by atoms with van der Waals surface area (Å²) in [6.45, 7) is 5.15. The van der Waals surface area contributed by atoms with E-state index in [-0.39, 0.29) is 0 Å². The predicted molar refractivity (Wildman–Crippen MR) is 120 cm³/mol. The molecule has 0 unspecified atom stereocenters. The second kappa shape index (κ2) is 13.1. The molecule has 0 heterocycles. The molecule has 150 valence electrons. The van der Waals surface area contributed by atoms with Gasteiger partial charge in [-0.1, -0.05) is 70.9 Å². The molecule has 2 nitrogen and oxygen atoms in total. The van der Waals surface area contributed by atoms with Gasteiger partial charge in [-0.25, -0.2) is 0 Å². The number of thiocarbonyl (C=S) groups is 1. The second-order valence-corrected chi connectivity index (χ2v) is 8.20. The van der Waals surface area contributed by atoms with Crippen molar-refractivity contribution in [2.45, 2.75) is 96.8 Å². The molecule has 0 atom stereocenters. The number of hydrogen-bond donors (Lipinski definition) is 0. The van der Waals surface area contributed by atoms with Crippen molar-refractivity contribution in [3.05, 3.63) is 23.8 Å². The summed E-state index contributed by atoms with van der Waals surface area (Å²) in [4.78, 5) is 4.24. The Morgan fingerprint density at radius 3 is 2.44 bits per heavy atom. The van der Waals surface area contributed by atoms with Gasteiger partial charge in [-0.15, -0.1) is 0 Å². The molecule has 0 bridgehead atoms. The Morgan fingerprint density at radius 1 is 1.00 bits per heavy atom. The number of rotatable bonds is 12. The number of nitrogens with zero attached hydrogens (tertiary/aromatic N) is 1. The summed E-state index contributed by atoms with van der Waals surface area (Å²) < 4.78 is 6.08. The Morgan fingerprint density at radius 2 is 1.74 bits per heavy atom. The molecule has 0 aromatic heterocycles. The van der Waals surface area contributed by atoms with Crippen molar-refractivity contribution in [3.8, 4) is 5.75 Å². The molecule has 1 aliphatic carbocycles. The van der Waals surface area contributed by atoms with Gasteiger partial charge in [0.15, 0.2) is 0 Å². The zero-order valence-electron chi connectivity index (χ0n) is 17.3. The van der Waals surface area contributed by atoms with Crippen LogP contribution in [-0.2, 0) is 0 Å². The Hall–Kier alpha value is -1.18. The van der Waals surface area contributed by atoms with Crippen LogP contribution in [0.25, 0.3) is 0 Å². The van der Waals surface area contributed by atoms with Crippen molar-refractivity contribution in [2.24, 2.45) is 10.9 Å². The number of unbranched alkanes of at least 4 members (excludes halogenated alkanes) is 5. The van der Waals surface area contributed by atoms with Gasteiger partial charge in [-0.2, -0.15) is 4.99 Å². The average molecular weight is 388 g/mol. The Bertz CT molecular complexity index is 586. The molecule has 1 saturated carbocycles. The van der Waals surface area contributed by atoms with Crippen LogP contribution >= 0.6 is 12.2 Å². The first-order valence-corrected chi connectivity index (χ1v) is 11.5. The van der Waals surface area contributed by atoms with Gasteiger partial charge in [-0.05, 0) is 67.8 Å². The van der Waals surface area contributed by atoms with Crippen molar-refractivity contribution in [1.29, 1.82) is 0 Å². The van der Waals surface area contributed by atoms with Gasteiger partial charge in [0, 0.05) is 0 Å². The summed E-state index contributed by atoms with van der Waals surface area (Å²) in [5.74, 6) is 2.46. The molecule has 1 aromatic rings. The Balaban J connectivity index is 1.87.